The lowest BCUT2D eigenvalue weighted by Gasteiger charge is -2.30. The summed E-state index contributed by atoms with van der Waals surface area (Å²) in [4.78, 5) is 13.0. The zero-order chi connectivity index (χ0) is 23.1. The number of hydrogen-bond donors (Lipinski definition) is 1. The molecule has 6 nitrogen and oxygen atoms in total. The predicted octanol–water partition coefficient (Wildman–Crippen LogP) is 4.78. The summed E-state index contributed by atoms with van der Waals surface area (Å²) in [5, 5.41) is 2.99. The molecule has 0 saturated carbocycles. The van der Waals surface area contributed by atoms with Crippen LogP contribution in [0.3, 0.4) is 0 Å². The third-order valence-corrected chi connectivity index (χ3v) is 7.84. The molecule has 1 fully saturated rings. The van der Waals surface area contributed by atoms with E-state index in [4.69, 9.17) is 4.74 Å². The van der Waals surface area contributed by atoms with E-state index in [1.807, 2.05) is 26.0 Å². The third-order valence-electron chi connectivity index (χ3n) is 5.95. The smallest absolute Gasteiger partial charge is 0.243 e. The average molecular weight is 459 g/mol. The molecule has 174 valence electrons. The van der Waals surface area contributed by atoms with E-state index in [-0.39, 0.29) is 16.7 Å². The summed E-state index contributed by atoms with van der Waals surface area (Å²) in [6.45, 7) is 7.12. The first-order valence-corrected chi connectivity index (χ1v) is 12.9. The second-order valence-electron chi connectivity index (χ2n) is 8.33. The molecule has 0 atom stereocenters. The molecule has 0 aliphatic carbocycles. The monoisotopic (exact) mass is 458 g/mol. The number of piperidine rings is 1. The Bertz CT molecular complexity index is 1010. The lowest BCUT2D eigenvalue weighted by atomic mass is 9.97. The Labute approximate surface area is 192 Å². The van der Waals surface area contributed by atoms with Gasteiger partial charge in [-0.05, 0) is 81.0 Å². The van der Waals surface area contributed by atoms with E-state index in [2.05, 4.69) is 24.4 Å². The van der Waals surface area contributed by atoms with Gasteiger partial charge in [-0.3, -0.25) is 4.79 Å². The Morgan fingerprint density at radius 2 is 1.78 bits per heavy atom. The molecule has 7 heteroatoms. The Kier molecular flexibility index (Phi) is 8.32. The number of nitrogens with zero attached hydrogens (tertiary/aromatic N) is 1. The number of carbonyl (C=O) groups is 1. The summed E-state index contributed by atoms with van der Waals surface area (Å²) < 4.78 is 33.1. The van der Waals surface area contributed by atoms with E-state index in [1.165, 1.54) is 9.87 Å². The molecule has 1 heterocycles. The van der Waals surface area contributed by atoms with Crippen LogP contribution in [0.25, 0.3) is 0 Å². The highest BCUT2D eigenvalue weighted by Crippen LogP contribution is 2.28. The first-order chi connectivity index (χ1) is 15.3. The number of ether oxygens (including phenoxy) is 1. The predicted molar refractivity (Wildman–Crippen MR) is 128 cm³/mol. The molecule has 1 aliphatic rings. The second kappa shape index (κ2) is 11.0. The topological polar surface area (TPSA) is 75.7 Å². The van der Waals surface area contributed by atoms with Crippen LogP contribution in [0.15, 0.2) is 47.4 Å². The summed E-state index contributed by atoms with van der Waals surface area (Å²) in [7, 11) is -3.59. The van der Waals surface area contributed by atoms with Crippen molar-refractivity contribution in [1.29, 1.82) is 0 Å². The lowest BCUT2D eigenvalue weighted by molar-refractivity contribution is -0.120. The van der Waals surface area contributed by atoms with E-state index in [0.29, 0.717) is 38.3 Å². The highest BCUT2D eigenvalue weighted by molar-refractivity contribution is 7.89. The number of nitrogens with one attached hydrogen (secondary N) is 1. The van der Waals surface area contributed by atoms with Crippen molar-refractivity contribution in [1.82, 2.24) is 4.31 Å². The molecule has 1 saturated heterocycles. The molecular weight excluding hydrogens is 424 g/mol. The van der Waals surface area contributed by atoms with E-state index >= 15 is 0 Å². The Morgan fingerprint density at radius 1 is 1.09 bits per heavy atom. The maximum atomic E-state index is 13.1. The number of benzene rings is 2. The van der Waals surface area contributed by atoms with E-state index < -0.39 is 10.0 Å². The van der Waals surface area contributed by atoms with E-state index in [1.54, 1.807) is 18.2 Å². The van der Waals surface area contributed by atoms with Crippen LogP contribution in [-0.2, 0) is 21.2 Å². The number of rotatable bonds is 9. The van der Waals surface area contributed by atoms with Gasteiger partial charge in [0, 0.05) is 24.7 Å². The fraction of sp³-hybridized carbons (Fsp3) is 0.480. The quantitative estimate of drug-likeness (QED) is 0.587. The molecule has 1 N–H and O–H groups in total. The fourth-order valence-corrected chi connectivity index (χ4v) is 5.54. The number of carbonyl (C=O) groups excluding carboxylic acids is 1. The van der Waals surface area contributed by atoms with Gasteiger partial charge in [0.1, 0.15) is 5.75 Å². The van der Waals surface area contributed by atoms with Crippen LogP contribution in [0.1, 0.15) is 50.7 Å². The molecule has 0 aromatic heterocycles. The maximum absolute atomic E-state index is 13.1. The average Bonchev–Trinajstić information content (AvgIpc) is 2.80. The first kappa shape index (κ1) is 24.3. The Balaban J connectivity index is 1.57. The molecule has 0 unspecified atom stereocenters. The van der Waals surface area contributed by atoms with Gasteiger partial charge in [-0.1, -0.05) is 25.5 Å². The number of amides is 1. The van der Waals surface area contributed by atoms with Crippen LogP contribution < -0.4 is 10.1 Å². The normalized spacial score (nSPS) is 15.5. The summed E-state index contributed by atoms with van der Waals surface area (Å²) in [5.74, 6) is 0.462. The molecule has 1 amide bonds. The summed E-state index contributed by atoms with van der Waals surface area (Å²) >= 11 is 0. The zero-order valence-corrected chi connectivity index (χ0v) is 20.1. The highest BCUT2D eigenvalue weighted by atomic mass is 32.2. The van der Waals surface area contributed by atoms with E-state index in [9.17, 15) is 13.2 Å². The van der Waals surface area contributed by atoms with Gasteiger partial charge in [-0.2, -0.15) is 4.31 Å². The zero-order valence-electron chi connectivity index (χ0n) is 19.3. The molecule has 3 rings (SSSR count). The van der Waals surface area contributed by atoms with Crippen molar-refractivity contribution in [2.24, 2.45) is 5.92 Å². The van der Waals surface area contributed by atoms with Gasteiger partial charge in [0.2, 0.25) is 15.9 Å². The van der Waals surface area contributed by atoms with Crippen molar-refractivity contribution in [3.05, 3.63) is 53.6 Å². The van der Waals surface area contributed by atoms with Gasteiger partial charge in [-0.15, -0.1) is 0 Å². The molecule has 0 spiro atoms. The van der Waals surface area contributed by atoms with Gasteiger partial charge < -0.3 is 10.1 Å². The SMILES string of the molecule is CCCCc1ccc(NC(=O)C2CCN(S(=O)(=O)c3ccc(OCC)c(C)c3)CC2)cc1. The standard InChI is InChI=1S/C25H34N2O4S/c1-4-6-7-20-8-10-22(11-9-20)26-25(28)21-14-16-27(17-15-21)32(29,30)23-12-13-24(31-5-2)19(3)18-23/h8-13,18,21H,4-7,14-17H2,1-3H3,(H,26,28). The number of unbranched alkanes of at least 4 members (excludes halogenated alkanes) is 1. The molecule has 32 heavy (non-hydrogen) atoms. The molecule has 2 aromatic carbocycles. The third kappa shape index (κ3) is 5.90. The van der Waals surface area contributed by atoms with Gasteiger partial charge in [0.25, 0.3) is 0 Å². The van der Waals surface area contributed by atoms with Crippen LogP contribution in [0.4, 0.5) is 5.69 Å². The van der Waals surface area contributed by atoms with Crippen molar-refractivity contribution in [3.8, 4) is 5.75 Å². The van der Waals surface area contributed by atoms with Gasteiger partial charge >= 0.3 is 0 Å². The largest absolute Gasteiger partial charge is 0.494 e. The Morgan fingerprint density at radius 3 is 2.38 bits per heavy atom. The van der Waals surface area contributed by atoms with Gasteiger partial charge in [-0.25, -0.2) is 8.42 Å². The molecule has 2 aromatic rings. The van der Waals surface area contributed by atoms with E-state index in [0.717, 1.165) is 30.5 Å². The van der Waals surface area contributed by atoms with Crippen LogP contribution in [0.2, 0.25) is 0 Å². The minimum absolute atomic E-state index is 0.0414. The van der Waals surface area contributed by atoms with Crippen molar-refractivity contribution in [3.63, 3.8) is 0 Å². The molecule has 0 radical (unpaired) electrons. The van der Waals surface area contributed by atoms with Gasteiger partial charge in [0.05, 0.1) is 11.5 Å². The minimum Gasteiger partial charge on any atom is -0.494 e. The highest BCUT2D eigenvalue weighted by Gasteiger charge is 2.32. The van der Waals surface area contributed by atoms with Crippen LogP contribution >= 0.6 is 0 Å². The van der Waals surface area contributed by atoms with Gasteiger partial charge in [0.15, 0.2) is 0 Å². The molecule has 0 bridgehead atoms. The number of anilines is 1. The number of sulfonamides is 1. The second-order valence-corrected chi connectivity index (χ2v) is 10.3. The maximum Gasteiger partial charge on any atom is 0.243 e. The molecular formula is C25H34N2O4S. The van der Waals surface area contributed by atoms with Crippen molar-refractivity contribution in [2.75, 3.05) is 25.0 Å². The van der Waals surface area contributed by atoms with Crippen molar-refractivity contribution < 1.29 is 17.9 Å². The molecule has 1 aliphatic heterocycles. The van der Waals surface area contributed by atoms with Crippen LogP contribution in [0, 0.1) is 12.8 Å². The van der Waals surface area contributed by atoms with Crippen LogP contribution in [0.5, 0.6) is 5.75 Å². The first-order valence-electron chi connectivity index (χ1n) is 11.5. The lowest BCUT2D eigenvalue weighted by Crippen LogP contribution is -2.41. The van der Waals surface area contributed by atoms with Crippen LogP contribution in [-0.4, -0.2) is 38.3 Å². The van der Waals surface area contributed by atoms with Crippen molar-refractivity contribution in [2.45, 2.75) is 57.8 Å². The summed E-state index contributed by atoms with van der Waals surface area (Å²) in [6, 6.07) is 12.9. The fourth-order valence-electron chi connectivity index (χ4n) is 3.99. The number of aryl methyl sites for hydroxylation is 2. The Hall–Kier alpha value is -2.38. The summed E-state index contributed by atoms with van der Waals surface area (Å²) in [5.41, 5.74) is 2.85. The minimum atomic E-state index is -3.59. The summed E-state index contributed by atoms with van der Waals surface area (Å²) in [6.07, 6.45) is 4.38. The number of hydrogen-bond acceptors (Lipinski definition) is 4. The van der Waals surface area contributed by atoms with Crippen molar-refractivity contribution >= 4 is 21.6 Å².